The third-order valence-electron chi connectivity index (χ3n) is 5.72. The molecule has 2 fully saturated rings. The summed E-state index contributed by atoms with van der Waals surface area (Å²) >= 11 is 0. The van der Waals surface area contributed by atoms with Gasteiger partial charge in [0.25, 0.3) is 0 Å². The molecule has 1 aromatic heterocycles. The van der Waals surface area contributed by atoms with Crippen molar-refractivity contribution >= 4 is 11.6 Å². The van der Waals surface area contributed by atoms with Crippen molar-refractivity contribution in [2.45, 2.75) is 25.8 Å². The molecule has 0 saturated carbocycles. The lowest BCUT2D eigenvalue weighted by Crippen LogP contribution is -2.51. The lowest BCUT2D eigenvalue weighted by molar-refractivity contribution is 0.0813. The SMILES string of the molecule is C[C@H](C1CCN(c2nccnc2N(C)C)CC1)N1CCN(C)CC1. The molecule has 1 aromatic rings. The Labute approximate surface area is 146 Å². The zero-order chi connectivity index (χ0) is 17.1. The molecule has 0 N–H and O–H groups in total. The molecule has 6 nitrogen and oxygen atoms in total. The van der Waals surface area contributed by atoms with Crippen LogP contribution in [0.4, 0.5) is 11.6 Å². The molecule has 0 spiro atoms. The minimum absolute atomic E-state index is 0.691. The van der Waals surface area contributed by atoms with Crippen molar-refractivity contribution in [1.29, 1.82) is 0 Å². The first-order chi connectivity index (χ1) is 11.6. The van der Waals surface area contributed by atoms with Gasteiger partial charge in [0.15, 0.2) is 11.6 Å². The van der Waals surface area contributed by atoms with Crippen LogP contribution in [-0.2, 0) is 0 Å². The average molecular weight is 332 g/mol. The average Bonchev–Trinajstić information content (AvgIpc) is 2.62. The molecule has 0 amide bonds. The molecule has 0 bridgehead atoms. The normalized spacial score (nSPS) is 22.6. The number of piperidine rings is 1. The van der Waals surface area contributed by atoms with E-state index in [1.54, 1.807) is 12.4 Å². The monoisotopic (exact) mass is 332 g/mol. The molecular formula is C18H32N6. The molecule has 3 rings (SSSR count). The number of nitrogens with zero attached hydrogens (tertiary/aromatic N) is 6. The molecule has 1 atom stereocenters. The number of rotatable bonds is 4. The van der Waals surface area contributed by atoms with Crippen molar-refractivity contribution in [1.82, 2.24) is 19.8 Å². The van der Waals surface area contributed by atoms with Gasteiger partial charge >= 0.3 is 0 Å². The Balaban J connectivity index is 1.58. The van der Waals surface area contributed by atoms with E-state index in [9.17, 15) is 0 Å². The van der Waals surface area contributed by atoms with Crippen LogP contribution in [0.1, 0.15) is 19.8 Å². The van der Waals surface area contributed by atoms with Gasteiger partial charge in [0, 0.05) is 71.8 Å². The van der Waals surface area contributed by atoms with Crippen molar-refractivity contribution in [3.05, 3.63) is 12.4 Å². The van der Waals surface area contributed by atoms with Gasteiger partial charge in [0.1, 0.15) is 0 Å². The molecule has 6 heteroatoms. The Morgan fingerprint density at radius 2 is 1.62 bits per heavy atom. The van der Waals surface area contributed by atoms with Gasteiger partial charge in [-0.25, -0.2) is 9.97 Å². The van der Waals surface area contributed by atoms with Crippen LogP contribution in [0.5, 0.6) is 0 Å². The molecule has 2 aliphatic rings. The minimum Gasteiger partial charge on any atom is -0.360 e. The molecular weight excluding hydrogens is 300 g/mol. The summed E-state index contributed by atoms with van der Waals surface area (Å²) in [5.74, 6) is 2.81. The minimum atomic E-state index is 0.691. The summed E-state index contributed by atoms with van der Waals surface area (Å²) < 4.78 is 0. The molecule has 0 aromatic carbocycles. The van der Waals surface area contributed by atoms with Crippen LogP contribution < -0.4 is 9.80 Å². The topological polar surface area (TPSA) is 38.7 Å². The number of anilines is 2. The number of hydrogen-bond acceptors (Lipinski definition) is 6. The molecule has 0 unspecified atom stereocenters. The van der Waals surface area contributed by atoms with Gasteiger partial charge in [-0.15, -0.1) is 0 Å². The number of piperazine rings is 1. The van der Waals surface area contributed by atoms with Crippen LogP contribution >= 0.6 is 0 Å². The van der Waals surface area contributed by atoms with Gasteiger partial charge in [-0.1, -0.05) is 0 Å². The van der Waals surface area contributed by atoms with Gasteiger partial charge < -0.3 is 14.7 Å². The third kappa shape index (κ3) is 3.81. The highest BCUT2D eigenvalue weighted by Crippen LogP contribution is 2.30. The van der Waals surface area contributed by atoms with Crippen molar-refractivity contribution in [3.8, 4) is 0 Å². The van der Waals surface area contributed by atoms with Crippen LogP contribution in [0.3, 0.4) is 0 Å². The summed E-state index contributed by atoms with van der Waals surface area (Å²) in [7, 11) is 6.30. The van der Waals surface area contributed by atoms with Crippen molar-refractivity contribution < 1.29 is 0 Å². The highest BCUT2D eigenvalue weighted by molar-refractivity contribution is 5.61. The van der Waals surface area contributed by atoms with E-state index in [1.165, 1.54) is 39.0 Å². The summed E-state index contributed by atoms with van der Waals surface area (Å²) in [5, 5.41) is 0. The lowest BCUT2D eigenvalue weighted by atomic mass is 9.89. The second-order valence-corrected chi connectivity index (χ2v) is 7.50. The summed E-state index contributed by atoms with van der Waals surface area (Å²) in [6.07, 6.45) is 6.08. The Hall–Kier alpha value is -1.40. The zero-order valence-electron chi connectivity index (χ0n) is 15.6. The predicted molar refractivity (Wildman–Crippen MR) is 99.8 cm³/mol. The molecule has 2 aliphatic heterocycles. The maximum absolute atomic E-state index is 4.60. The van der Waals surface area contributed by atoms with Crippen LogP contribution in [0.15, 0.2) is 12.4 Å². The Morgan fingerprint density at radius 1 is 1.00 bits per heavy atom. The maximum Gasteiger partial charge on any atom is 0.171 e. The maximum atomic E-state index is 4.60. The summed E-state index contributed by atoms with van der Waals surface area (Å²) in [5.41, 5.74) is 0. The van der Waals surface area contributed by atoms with Gasteiger partial charge in [-0.3, -0.25) is 4.90 Å². The smallest absolute Gasteiger partial charge is 0.171 e. The van der Waals surface area contributed by atoms with Crippen LogP contribution in [0.2, 0.25) is 0 Å². The number of aromatic nitrogens is 2. The predicted octanol–water partition coefficient (Wildman–Crippen LogP) is 1.39. The number of hydrogen-bond donors (Lipinski definition) is 0. The summed E-state index contributed by atoms with van der Waals surface area (Å²) in [6, 6.07) is 0.691. The lowest BCUT2D eigenvalue weighted by Gasteiger charge is -2.43. The van der Waals surface area contributed by atoms with E-state index >= 15 is 0 Å². The highest BCUT2D eigenvalue weighted by atomic mass is 15.3. The molecule has 134 valence electrons. The van der Waals surface area contributed by atoms with Gasteiger partial charge in [0.2, 0.25) is 0 Å². The molecule has 2 saturated heterocycles. The van der Waals surface area contributed by atoms with Crippen LogP contribution in [0, 0.1) is 5.92 Å². The fourth-order valence-corrected chi connectivity index (χ4v) is 3.98. The van der Waals surface area contributed by atoms with Gasteiger partial charge in [-0.2, -0.15) is 0 Å². The molecule has 24 heavy (non-hydrogen) atoms. The van der Waals surface area contributed by atoms with E-state index in [4.69, 9.17) is 0 Å². The summed E-state index contributed by atoms with van der Waals surface area (Å²) in [6.45, 7) is 9.44. The zero-order valence-corrected chi connectivity index (χ0v) is 15.6. The Morgan fingerprint density at radius 3 is 2.25 bits per heavy atom. The standard InChI is InChI=1S/C18H32N6/c1-15(23-13-11-22(4)12-14-23)16-5-9-24(10-6-16)18-17(21(2)3)19-7-8-20-18/h7-8,15-16H,5-6,9-14H2,1-4H3/t15-/m1/s1. The number of likely N-dealkylation sites (N-methyl/N-ethyl adjacent to an activating group) is 1. The second-order valence-electron chi connectivity index (χ2n) is 7.50. The van der Waals surface area contributed by atoms with E-state index in [0.29, 0.717) is 6.04 Å². The van der Waals surface area contributed by atoms with E-state index in [-0.39, 0.29) is 0 Å². The first-order valence-corrected chi connectivity index (χ1v) is 9.22. The molecule has 0 radical (unpaired) electrons. The van der Waals surface area contributed by atoms with E-state index in [2.05, 4.69) is 43.5 Å². The second kappa shape index (κ2) is 7.66. The third-order valence-corrected chi connectivity index (χ3v) is 5.72. The largest absolute Gasteiger partial charge is 0.360 e. The van der Waals surface area contributed by atoms with Crippen molar-refractivity contribution in [2.24, 2.45) is 5.92 Å². The van der Waals surface area contributed by atoms with E-state index < -0.39 is 0 Å². The van der Waals surface area contributed by atoms with Gasteiger partial charge in [0.05, 0.1) is 0 Å². The fourth-order valence-electron chi connectivity index (χ4n) is 3.98. The quantitative estimate of drug-likeness (QED) is 0.830. The van der Waals surface area contributed by atoms with Gasteiger partial charge in [-0.05, 0) is 32.7 Å². The first-order valence-electron chi connectivity index (χ1n) is 9.22. The molecule has 3 heterocycles. The first kappa shape index (κ1) is 17.4. The molecule has 0 aliphatic carbocycles. The van der Waals surface area contributed by atoms with E-state index in [1.807, 2.05) is 14.1 Å². The van der Waals surface area contributed by atoms with Crippen LogP contribution in [0.25, 0.3) is 0 Å². The summed E-state index contributed by atoms with van der Waals surface area (Å²) in [4.78, 5) is 18.7. The van der Waals surface area contributed by atoms with Crippen molar-refractivity contribution in [2.75, 3.05) is 70.2 Å². The Bertz CT molecular complexity index is 518. The van der Waals surface area contributed by atoms with Crippen molar-refractivity contribution in [3.63, 3.8) is 0 Å². The Kier molecular flexibility index (Phi) is 5.56. The van der Waals surface area contributed by atoms with Crippen LogP contribution in [-0.4, -0.2) is 86.2 Å². The highest BCUT2D eigenvalue weighted by Gasteiger charge is 2.30. The fraction of sp³-hybridized carbons (Fsp3) is 0.778. The van der Waals surface area contributed by atoms with E-state index in [0.717, 1.165) is 30.6 Å².